The minimum atomic E-state index is -3.55. The van der Waals surface area contributed by atoms with E-state index in [1.165, 1.54) is 6.20 Å². The Balaban J connectivity index is 2.71. The SMILES string of the molecule is Cc1nc(S(=O)(=O)NCCC(C)O)cn1C. The van der Waals surface area contributed by atoms with E-state index in [0.29, 0.717) is 12.2 Å². The summed E-state index contributed by atoms with van der Waals surface area (Å²) in [5, 5.41) is 9.03. The summed E-state index contributed by atoms with van der Waals surface area (Å²) in [7, 11) is -1.82. The van der Waals surface area contributed by atoms with Gasteiger partial charge in [-0.2, -0.15) is 0 Å². The van der Waals surface area contributed by atoms with Crippen LogP contribution in [0.5, 0.6) is 0 Å². The van der Waals surface area contributed by atoms with Crippen molar-refractivity contribution in [3.05, 3.63) is 12.0 Å². The molecule has 0 aliphatic carbocycles. The van der Waals surface area contributed by atoms with Crippen LogP contribution in [0.3, 0.4) is 0 Å². The number of imidazole rings is 1. The fourth-order valence-electron chi connectivity index (χ4n) is 1.13. The molecule has 1 unspecified atom stereocenters. The summed E-state index contributed by atoms with van der Waals surface area (Å²) >= 11 is 0. The average molecular weight is 247 g/mol. The monoisotopic (exact) mass is 247 g/mol. The lowest BCUT2D eigenvalue weighted by Gasteiger charge is -2.05. The van der Waals surface area contributed by atoms with Gasteiger partial charge in [-0.25, -0.2) is 18.1 Å². The van der Waals surface area contributed by atoms with Gasteiger partial charge in [-0.1, -0.05) is 0 Å². The molecule has 0 saturated carbocycles. The van der Waals surface area contributed by atoms with E-state index in [4.69, 9.17) is 5.11 Å². The van der Waals surface area contributed by atoms with Crippen molar-refractivity contribution in [1.29, 1.82) is 0 Å². The molecule has 0 aliphatic heterocycles. The molecule has 2 N–H and O–H groups in total. The molecular weight excluding hydrogens is 230 g/mol. The van der Waals surface area contributed by atoms with Gasteiger partial charge in [-0.3, -0.25) is 0 Å². The van der Waals surface area contributed by atoms with Gasteiger partial charge in [0.05, 0.1) is 6.10 Å². The number of hydrogen-bond donors (Lipinski definition) is 2. The second-order valence-electron chi connectivity index (χ2n) is 3.77. The van der Waals surface area contributed by atoms with E-state index in [-0.39, 0.29) is 11.6 Å². The van der Waals surface area contributed by atoms with Crippen LogP contribution in [0.2, 0.25) is 0 Å². The molecule has 1 rings (SSSR count). The number of sulfonamides is 1. The second-order valence-corrected chi connectivity index (χ2v) is 5.49. The highest BCUT2D eigenvalue weighted by Crippen LogP contribution is 2.07. The summed E-state index contributed by atoms with van der Waals surface area (Å²) in [5.74, 6) is 0.635. The molecule has 7 heteroatoms. The molecule has 1 atom stereocenters. The van der Waals surface area contributed by atoms with Crippen LogP contribution in [0.25, 0.3) is 0 Å². The highest BCUT2D eigenvalue weighted by Gasteiger charge is 2.17. The van der Waals surface area contributed by atoms with Crippen LogP contribution in [0.4, 0.5) is 0 Å². The topological polar surface area (TPSA) is 84.2 Å². The third kappa shape index (κ3) is 3.29. The molecule has 92 valence electrons. The van der Waals surface area contributed by atoms with E-state index in [2.05, 4.69) is 9.71 Å². The first-order valence-corrected chi connectivity index (χ1v) is 6.49. The minimum absolute atomic E-state index is 0.0121. The van der Waals surface area contributed by atoms with Gasteiger partial charge in [0.15, 0.2) is 5.03 Å². The van der Waals surface area contributed by atoms with Gasteiger partial charge in [0.2, 0.25) is 0 Å². The van der Waals surface area contributed by atoms with Crippen LogP contribution in [0.1, 0.15) is 19.2 Å². The van der Waals surface area contributed by atoms with E-state index in [9.17, 15) is 8.42 Å². The molecule has 16 heavy (non-hydrogen) atoms. The highest BCUT2D eigenvalue weighted by atomic mass is 32.2. The third-order valence-corrected chi connectivity index (χ3v) is 3.55. The van der Waals surface area contributed by atoms with E-state index in [1.807, 2.05) is 0 Å². The summed E-state index contributed by atoms with van der Waals surface area (Å²) < 4.78 is 27.4. The number of nitrogens with one attached hydrogen (secondary N) is 1. The summed E-state index contributed by atoms with van der Waals surface area (Å²) in [6, 6.07) is 0. The zero-order chi connectivity index (χ0) is 12.3. The smallest absolute Gasteiger partial charge is 0.259 e. The Labute approximate surface area is 95.4 Å². The number of nitrogens with zero attached hydrogens (tertiary/aromatic N) is 2. The maximum absolute atomic E-state index is 11.7. The van der Waals surface area contributed by atoms with Gasteiger partial charge in [-0.05, 0) is 20.3 Å². The predicted molar refractivity (Wildman–Crippen MR) is 59.4 cm³/mol. The second kappa shape index (κ2) is 4.94. The minimum Gasteiger partial charge on any atom is -0.393 e. The fraction of sp³-hybridized carbons (Fsp3) is 0.667. The lowest BCUT2D eigenvalue weighted by molar-refractivity contribution is 0.186. The van der Waals surface area contributed by atoms with Crippen molar-refractivity contribution in [3.8, 4) is 0 Å². The van der Waals surface area contributed by atoms with Gasteiger partial charge in [0.25, 0.3) is 10.0 Å². The first-order valence-electron chi connectivity index (χ1n) is 5.00. The molecule has 6 nitrogen and oxygen atoms in total. The third-order valence-electron chi connectivity index (χ3n) is 2.22. The van der Waals surface area contributed by atoms with E-state index >= 15 is 0 Å². The average Bonchev–Trinajstić information content (AvgIpc) is 2.46. The lowest BCUT2D eigenvalue weighted by atomic mass is 10.3. The number of aryl methyl sites for hydroxylation is 2. The van der Waals surface area contributed by atoms with Crippen LogP contribution in [-0.4, -0.2) is 35.7 Å². The van der Waals surface area contributed by atoms with Gasteiger partial charge >= 0.3 is 0 Å². The predicted octanol–water partition coefficient (Wildman–Crippen LogP) is -0.222. The molecule has 1 aromatic heterocycles. The summed E-state index contributed by atoms with van der Waals surface area (Å²) in [5.41, 5.74) is 0. The molecule has 1 heterocycles. The standard InChI is InChI=1S/C9H17N3O3S/c1-7(13)4-5-10-16(14,15)9-6-12(3)8(2)11-9/h6-7,10,13H,4-5H2,1-3H3. The summed E-state index contributed by atoms with van der Waals surface area (Å²) in [6.07, 6.45) is 1.32. The molecule has 0 radical (unpaired) electrons. The number of aromatic nitrogens is 2. The Bertz CT molecular complexity index is 431. The maximum atomic E-state index is 11.7. The first-order chi connectivity index (χ1) is 7.33. The molecule has 0 bridgehead atoms. The quantitative estimate of drug-likeness (QED) is 0.753. The Morgan fingerprint density at radius 1 is 1.62 bits per heavy atom. The van der Waals surface area contributed by atoms with Crippen molar-refractivity contribution in [2.45, 2.75) is 31.4 Å². The highest BCUT2D eigenvalue weighted by molar-refractivity contribution is 7.89. The summed E-state index contributed by atoms with van der Waals surface area (Å²) in [4.78, 5) is 3.93. The van der Waals surface area contributed by atoms with Crippen molar-refractivity contribution in [2.75, 3.05) is 6.54 Å². The van der Waals surface area contributed by atoms with E-state index in [1.54, 1.807) is 25.5 Å². The van der Waals surface area contributed by atoms with Crippen molar-refractivity contribution in [3.63, 3.8) is 0 Å². The molecular formula is C9H17N3O3S. The van der Waals surface area contributed by atoms with Crippen LogP contribution in [0, 0.1) is 6.92 Å². The molecule has 0 saturated heterocycles. The van der Waals surface area contributed by atoms with Gasteiger partial charge in [0, 0.05) is 19.8 Å². The number of aliphatic hydroxyl groups excluding tert-OH is 1. The molecule has 0 amide bonds. The number of hydrogen-bond acceptors (Lipinski definition) is 4. The van der Waals surface area contributed by atoms with Gasteiger partial charge in [-0.15, -0.1) is 0 Å². The van der Waals surface area contributed by atoms with Crippen LogP contribution < -0.4 is 4.72 Å². The molecule has 0 aromatic carbocycles. The van der Waals surface area contributed by atoms with E-state index < -0.39 is 16.1 Å². The van der Waals surface area contributed by atoms with Crippen molar-refractivity contribution >= 4 is 10.0 Å². The normalized spacial score (nSPS) is 14.0. The number of rotatable bonds is 5. The Morgan fingerprint density at radius 3 is 2.69 bits per heavy atom. The number of aliphatic hydroxyl groups is 1. The molecule has 1 aromatic rings. The van der Waals surface area contributed by atoms with Crippen molar-refractivity contribution in [1.82, 2.24) is 14.3 Å². The largest absolute Gasteiger partial charge is 0.393 e. The van der Waals surface area contributed by atoms with E-state index in [0.717, 1.165) is 0 Å². The fourth-order valence-corrected chi connectivity index (χ4v) is 2.22. The first kappa shape index (κ1) is 13.1. The molecule has 0 aliphatic rings. The van der Waals surface area contributed by atoms with Gasteiger partial charge < -0.3 is 9.67 Å². The maximum Gasteiger partial charge on any atom is 0.259 e. The zero-order valence-electron chi connectivity index (χ0n) is 9.64. The van der Waals surface area contributed by atoms with Crippen LogP contribution in [-0.2, 0) is 17.1 Å². The van der Waals surface area contributed by atoms with Crippen molar-refractivity contribution in [2.24, 2.45) is 7.05 Å². The molecule has 0 fully saturated rings. The van der Waals surface area contributed by atoms with Crippen LogP contribution >= 0.6 is 0 Å². The molecule has 0 spiro atoms. The Morgan fingerprint density at radius 2 is 2.25 bits per heavy atom. The summed E-state index contributed by atoms with van der Waals surface area (Å²) in [6.45, 7) is 3.55. The Kier molecular flexibility index (Phi) is 4.06. The Hall–Kier alpha value is -0.920. The van der Waals surface area contributed by atoms with Gasteiger partial charge in [0.1, 0.15) is 5.82 Å². The van der Waals surface area contributed by atoms with Crippen LogP contribution in [0.15, 0.2) is 11.2 Å². The lowest BCUT2D eigenvalue weighted by Crippen LogP contribution is -2.27. The zero-order valence-corrected chi connectivity index (χ0v) is 10.5. The van der Waals surface area contributed by atoms with Crippen molar-refractivity contribution < 1.29 is 13.5 Å².